The molecule has 1 aromatic carbocycles. The molecule has 17 heavy (non-hydrogen) atoms. The molecule has 94 valence electrons. The van der Waals surface area contributed by atoms with Crippen LogP contribution in [0.1, 0.15) is 26.7 Å². The summed E-state index contributed by atoms with van der Waals surface area (Å²) in [6.45, 7) is 6.12. The van der Waals surface area contributed by atoms with Gasteiger partial charge < -0.3 is 15.0 Å². The molecule has 3 nitrogen and oxygen atoms in total. The van der Waals surface area contributed by atoms with Crippen molar-refractivity contribution in [3.8, 4) is 5.75 Å². The average molecular weight is 234 g/mol. The quantitative estimate of drug-likeness (QED) is 0.866. The molecule has 0 amide bonds. The molecule has 0 fully saturated rings. The molecule has 1 aliphatic heterocycles. The minimum Gasteiger partial charge on any atom is -0.491 e. The number of nitrogens with one attached hydrogen (secondary N) is 1. The van der Waals surface area contributed by atoms with Crippen molar-refractivity contribution in [3.05, 3.63) is 18.2 Å². The average Bonchev–Trinajstić information content (AvgIpc) is 2.37. The van der Waals surface area contributed by atoms with E-state index in [2.05, 4.69) is 43.2 Å². The summed E-state index contributed by atoms with van der Waals surface area (Å²) in [5, 5.41) is 3.50. The fourth-order valence-electron chi connectivity index (χ4n) is 2.30. The van der Waals surface area contributed by atoms with Crippen LogP contribution < -0.4 is 15.0 Å². The highest BCUT2D eigenvalue weighted by Gasteiger charge is 2.23. The molecule has 0 aliphatic carbocycles. The molecule has 0 saturated carbocycles. The largest absolute Gasteiger partial charge is 0.491 e. The van der Waals surface area contributed by atoms with Gasteiger partial charge in [-0.1, -0.05) is 19.9 Å². The maximum atomic E-state index is 5.78. The molecule has 0 bridgehead atoms. The highest BCUT2D eigenvalue weighted by molar-refractivity contribution is 5.78. The summed E-state index contributed by atoms with van der Waals surface area (Å²) in [5.41, 5.74) is 2.39. The first kappa shape index (κ1) is 12.1. The number of ether oxygens (including phenoxy) is 1. The maximum Gasteiger partial charge on any atom is 0.144 e. The lowest BCUT2D eigenvalue weighted by atomic mass is 10.1. The minimum absolute atomic E-state index is 0.573. The first-order valence-electron chi connectivity index (χ1n) is 6.50. The zero-order valence-corrected chi connectivity index (χ0v) is 11.0. The number of hydrogen-bond donors (Lipinski definition) is 1. The Balaban J connectivity index is 2.27. The van der Waals surface area contributed by atoms with E-state index in [1.807, 2.05) is 6.07 Å². The lowest BCUT2D eigenvalue weighted by Gasteiger charge is -2.37. The van der Waals surface area contributed by atoms with Gasteiger partial charge in [-0.2, -0.15) is 0 Å². The summed E-state index contributed by atoms with van der Waals surface area (Å²) < 4.78 is 5.78. The van der Waals surface area contributed by atoms with Gasteiger partial charge >= 0.3 is 0 Å². The highest BCUT2D eigenvalue weighted by atomic mass is 16.5. The summed E-state index contributed by atoms with van der Waals surface area (Å²) in [4.78, 5) is 2.35. The molecule has 3 heteroatoms. The first-order chi connectivity index (χ1) is 8.27. The van der Waals surface area contributed by atoms with Crippen molar-refractivity contribution in [2.45, 2.75) is 32.7 Å². The monoisotopic (exact) mass is 234 g/mol. The van der Waals surface area contributed by atoms with Crippen LogP contribution in [0.5, 0.6) is 5.75 Å². The third-order valence-corrected chi connectivity index (χ3v) is 3.38. The Hall–Kier alpha value is -1.38. The van der Waals surface area contributed by atoms with Gasteiger partial charge in [-0.3, -0.25) is 0 Å². The second-order valence-electron chi connectivity index (χ2n) is 4.55. The number of benzene rings is 1. The van der Waals surface area contributed by atoms with Gasteiger partial charge in [0.25, 0.3) is 0 Å². The lowest BCUT2D eigenvalue weighted by Crippen LogP contribution is -2.41. The van der Waals surface area contributed by atoms with Crippen LogP contribution in [0.4, 0.5) is 11.4 Å². The second-order valence-corrected chi connectivity index (χ2v) is 4.55. The van der Waals surface area contributed by atoms with Gasteiger partial charge in [0.1, 0.15) is 11.4 Å². The molecule has 1 aliphatic rings. The Morgan fingerprint density at radius 1 is 1.41 bits per heavy atom. The van der Waals surface area contributed by atoms with E-state index in [0.29, 0.717) is 6.04 Å². The molecule has 1 heterocycles. The van der Waals surface area contributed by atoms with Gasteiger partial charge in [0, 0.05) is 19.6 Å². The van der Waals surface area contributed by atoms with E-state index in [4.69, 9.17) is 4.74 Å². The normalized spacial score (nSPS) is 18.5. The number of hydrogen-bond acceptors (Lipinski definition) is 3. The smallest absolute Gasteiger partial charge is 0.144 e. The topological polar surface area (TPSA) is 24.5 Å². The predicted molar refractivity (Wildman–Crippen MR) is 73.2 cm³/mol. The van der Waals surface area contributed by atoms with Crippen molar-refractivity contribution in [1.29, 1.82) is 0 Å². The van der Waals surface area contributed by atoms with Crippen LogP contribution in [0.15, 0.2) is 18.2 Å². The zero-order valence-electron chi connectivity index (χ0n) is 11.0. The van der Waals surface area contributed by atoms with Crippen molar-refractivity contribution >= 4 is 11.4 Å². The third kappa shape index (κ3) is 2.33. The number of fused-ring (bicyclic) bond motifs is 1. The SMILES string of the molecule is CCCOc1cccc2c1NCC(CC)N2C. The number of anilines is 2. The zero-order chi connectivity index (χ0) is 12.3. The van der Waals surface area contributed by atoms with Crippen LogP contribution in [0.25, 0.3) is 0 Å². The van der Waals surface area contributed by atoms with E-state index >= 15 is 0 Å². The summed E-state index contributed by atoms with van der Waals surface area (Å²) in [5.74, 6) is 0.978. The molecule has 0 aromatic heterocycles. The van der Waals surface area contributed by atoms with Crippen molar-refractivity contribution in [2.24, 2.45) is 0 Å². The Morgan fingerprint density at radius 3 is 2.94 bits per heavy atom. The van der Waals surface area contributed by atoms with Crippen LogP contribution in [0.2, 0.25) is 0 Å². The van der Waals surface area contributed by atoms with E-state index < -0.39 is 0 Å². The van der Waals surface area contributed by atoms with Gasteiger partial charge in [0.05, 0.1) is 12.3 Å². The molecule has 1 aromatic rings. The summed E-state index contributed by atoms with van der Waals surface area (Å²) in [6, 6.07) is 6.84. The molecule has 1 N–H and O–H groups in total. The van der Waals surface area contributed by atoms with Gasteiger partial charge in [-0.25, -0.2) is 0 Å². The molecular formula is C14H22N2O. The maximum absolute atomic E-state index is 5.78. The molecule has 0 radical (unpaired) electrons. The van der Waals surface area contributed by atoms with Crippen molar-refractivity contribution in [3.63, 3.8) is 0 Å². The minimum atomic E-state index is 0.573. The predicted octanol–water partition coefficient (Wildman–Crippen LogP) is 3.12. The van der Waals surface area contributed by atoms with E-state index in [9.17, 15) is 0 Å². The van der Waals surface area contributed by atoms with E-state index in [0.717, 1.165) is 37.4 Å². The van der Waals surface area contributed by atoms with Gasteiger partial charge in [-0.05, 0) is 25.0 Å². The Morgan fingerprint density at radius 2 is 2.24 bits per heavy atom. The highest BCUT2D eigenvalue weighted by Crippen LogP contribution is 2.38. The van der Waals surface area contributed by atoms with Crippen LogP contribution in [0.3, 0.4) is 0 Å². The van der Waals surface area contributed by atoms with Gasteiger partial charge in [0.2, 0.25) is 0 Å². The van der Waals surface area contributed by atoms with Crippen LogP contribution in [0, 0.1) is 0 Å². The molecule has 0 spiro atoms. The summed E-state index contributed by atoms with van der Waals surface area (Å²) in [7, 11) is 2.16. The van der Waals surface area contributed by atoms with Crippen LogP contribution in [-0.2, 0) is 0 Å². The van der Waals surface area contributed by atoms with Gasteiger partial charge in [0.15, 0.2) is 0 Å². The molecule has 2 rings (SSSR count). The van der Waals surface area contributed by atoms with Crippen LogP contribution in [-0.4, -0.2) is 26.2 Å². The molecular weight excluding hydrogens is 212 g/mol. The Labute approximate surface area is 104 Å². The fraction of sp³-hybridized carbons (Fsp3) is 0.571. The standard InChI is InChI=1S/C14H22N2O/c1-4-9-17-13-8-6-7-12-14(13)15-10-11(5-2)16(12)3/h6-8,11,15H,4-5,9-10H2,1-3H3. The third-order valence-electron chi connectivity index (χ3n) is 3.38. The fourth-order valence-corrected chi connectivity index (χ4v) is 2.30. The van der Waals surface area contributed by atoms with Crippen molar-refractivity contribution in [2.75, 3.05) is 30.4 Å². The van der Waals surface area contributed by atoms with E-state index in [1.165, 1.54) is 5.69 Å². The summed E-state index contributed by atoms with van der Waals surface area (Å²) >= 11 is 0. The Kier molecular flexibility index (Phi) is 3.77. The number of nitrogens with zero attached hydrogens (tertiary/aromatic N) is 1. The summed E-state index contributed by atoms with van der Waals surface area (Å²) in [6.07, 6.45) is 2.19. The molecule has 0 saturated heterocycles. The van der Waals surface area contributed by atoms with Crippen molar-refractivity contribution < 1.29 is 4.74 Å². The molecule has 1 atom stereocenters. The van der Waals surface area contributed by atoms with Gasteiger partial charge in [-0.15, -0.1) is 0 Å². The number of likely N-dealkylation sites (N-methyl/N-ethyl adjacent to an activating group) is 1. The number of para-hydroxylation sites is 1. The Bertz CT molecular complexity index is 378. The van der Waals surface area contributed by atoms with Crippen molar-refractivity contribution in [1.82, 2.24) is 0 Å². The number of rotatable bonds is 4. The second kappa shape index (κ2) is 5.30. The van der Waals surface area contributed by atoms with E-state index in [1.54, 1.807) is 0 Å². The first-order valence-corrected chi connectivity index (χ1v) is 6.50. The van der Waals surface area contributed by atoms with E-state index in [-0.39, 0.29) is 0 Å². The lowest BCUT2D eigenvalue weighted by molar-refractivity contribution is 0.318. The molecule has 1 unspecified atom stereocenters. The van der Waals surface area contributed by atoms with Crippen LogP contribution >= 0.6 is 0 Å².